The lowest BCUT2D eigenvalue weighted by molar-refractivity contribution is -0.135. The molecule has 0 aliphatic carbocycles. The van der Waals surface area contributed by atoms with E-state index in [1.165, 1.54) is 54.3 Å². The first-order chi connectivity index (χ1) is 49.7. The molecule has 2 heterocycles. The summed E-state index contributed by atoms with van der Waals surface area (Å²) < 4.78 is 9.67. The number of ether oxygens (including phenoxy) is 2. The molecule has 7 amide bonds. The van der Waals surface area contributed by atoms with E-state index in [4.69, 9.17) is 4.74 Å². The van der Waals surface area contributed by atoms with Crippen molar-refractivity contribution >= 4 is 83.7 Å². The molecule has 34 nitrogen and oxygen atoms in total. The number of hydrazone groups is 4. The Bertz CT molecular complexity index is 2690. The molecule has 2 saturated heterocycles. The average molecular weight is 1530 g/mol. The number of methoxy groups -OCH3 is 1. The van der Waals surface area contributed by atoms with Crippen molar-refractivity contribution in [1.82, 2.24) is 72.0 Å². The standard InChI is InChI=1S/C20H39N5O3.C19H36N4O4.C17H33N5O4.C17H32N4O5/c1-14(2)17(16(4)26)22-20(28)18(23(5)6)19(27)15(3)8-9-21-25-12-10-24(7)11-13-25;1-13(2)16(15(4)24)21-19(26)17(22(5)6)18(25)14(3)7-8-20-23-9-11-27-12-10-23;1-10(2)13(12(4)23)20-16(25)14(22(6)7)15(24)11(3)8-9-19-21-17(26)18-5;1-10(2)13(12(4)22)19-16(24)14(21(5)6)15(23)11(3)8-9-18-20-17(25)26-7/h9,14-15,17-19,27H,8,10-13H2,1-7H3,(H,22,28);8,13-14,16-18,25H,7,9-12H2,1-6H3,(H,21,26);9-11,13-15,24H,8H2,1-7H3,(H,20,25)(H2,18,21,26);9-11,13-15,23H,8H2,1-7H3,(H,19,24)(H,20,25)/b21-9+;20-8+;19-9+;18-9+/t15-,17-,18-,19-;14-,16-,17-,18-;2*11-,13-,14-,15-/m1111/s1. The fourth-order valence-electron chi connectivity index (χ4n) is 11.5. The van der Waals surface area contributed by atoms with E-state index in [2.05, 4.69) is 74.5 Å². The number of nitrogens with one attached hydrogen (secondary N) is 7. The maximum Gasteiger partial charge on any atom is 0.427 e. The third-order valence-electron chi connectivity index (χ3n) is 18.3. The van der Waals surface area contributed by atoms with E-state index in [-0.39, 0.29) is 82.3 Å². The minimum absolute atomic E-state index is 0.00505. The van der Waals surface area contributed by atoms with Crippen LogP contribution in [-0.4, -0.2) is 342 Å². The van der Waals surface area contributed by atoms with Gasteiger partial charge in [0.05, 0.1) is 82.0 Å². The molecule has 16 atom stereocenters. The number of aliphatic hydroxyl groups excluding tert-OH is 4. The van der Waals surface area contributed by atoms with Crippen molar-refractivity contribution in [1.29, 1.82) is 0 Å². The van der Waals surface area contributed by atoms with Crippen LogP contribution < -0.4 is 37.4 Å². The first-order valence-electron chi connectivity index (χ1n) is 37.0. The number of hydrogen-bond donors (Lipinski definition) is 11. The Morgan fingerprint density at radius 3 is 0.907 bits per heavy atom. The fourth-order valence-corrected chi connectivity index (χ4v) is 11.5. The van der Waals surface area contributed by atoms with Gasteiger partial charge in [-0.3, -0.25) is 68.0 Å². The van der Waals surface area contributed by atoms with E-state index in [1.807, 2.05) is 85.5 Å². The number of ketones is 4. The van der Waals surface area contributed by atoms with Crippen LogP contribution in [0.4, 0.5) is 9.59 Å². The van der Waals surface area contributed by atoms with Crippen LogP contribution >= 0.6 is 0 Å². The highest BCUT2D eigenvalue weighted by molar-refractivity contribution is 5.92. The molecule has 0 aromatic heterocycles. The molecular weight excluding hydrogens is 1380 g/mol. The molecule has 0 aromatic carbocycles. The van der Waals surface area contributed by atoms with Crippen molar-refractivity contribution in [3.8, 4) is 0 Å². The number of amides is 7. The Morgan fingerprint density at radius 2 is 0.673 bits per heavy atom. The van der Waals surface area contributed by atoms with Crippen molar-refractivity contribution in [3.63, 3.8) is 0 Å². The summed E-state index contributed by atoms with van der Waals surface area (Å²) in [5.41, 5.74) is 4.41. The van der Waals surface area contributed by atoms with Gasteiger partial charge in [-0.25, -0.2) is 20.4 Å². The summed E-state index contributed by atoms with van der Waals surface area (Å²) in [6.45, 7) is 34.8. The summed E-state index contributed by atoms with van der Waals surface area (Å²) in [5, 5.41) is 76.5. The van der Waals surface area contributed by atoms with Gasteiger partial charge in [0.25, 0.3) is 0 Å². The normalized spacial score (nSPS) is 18.3. The topological polar surface area (TPSA) is 426 Å². The number of likely N-dealkylation sites (N-methyl/N-ethyl adjacent to an activating group) is 5. The highest BCUT2D eigenvalue weighted by Crippen LogP contribution is 2.21. The van der Waals surface area contributed by atoms with Crippen molar-refractivity contribution in [2.45, 2.75) is 209 Å². The number of carbonyl (C=O) groups excluding carboxylic acids is 10. The zero-order valence-electron chi connectivity index (χ0n) is 69.4. The minimum atomic E-state index is -0.991. The molecule has 0 spiro atoms. The minimum Gasteiger partial charge on any atom is -0.452 e. The summed E-state index contributed by atoms with van der Waals surface area (Å²) >= 11 is 0. The number of morpholine rings is 1. The predicted molar refractivity (Wildman–Crippen MR) is 417 cm³/mol. The van der Waals surface area contributed by atoms with Crippen molar-refractivity contribution in [2.75, 3.05) is 130 Å². The lowest BCUT2D eigenvalue weighted by atomic mass is 9.93. The Balaban J connectivity index is 0. The molecule has 2 rings (SSSR count). The molecule has 0 bridgehead atoms. The highest BCUT2D eigenvalue weighted by atomic mass is 16.5. The number of piperazine rings is 1. The van der Waals surface area contributed by atoms with E-state index in [9.17, 15) is 68.4 Å². The summed E-state index contributed by atoms with van der Waals surface area (Å²) in [6, 6.07) is -5.84. The second-order valence-electron chi connectivity index (χ2n) is 30.1. The van der Waals surface area contributed by atoms with E-state index in [1.54, 1.807) is 96.0 Å². The summed E-state index contributed by atoms with van der Waals surface area (Å²) in [6.07, 6.45) is 3.95. The number of Topliss-reactive ketones (excluding diaryl/α,β-unsaturated/α-hetero) is 4. The number of nitrogens with zero attached hydrogens (tertiary/aromatic N) is 11. The number of rotatable bonds is 40. The van der Waals surface area contributed by atoms with E-state index < -0.39 is 96.7 Å². The highest BCUT2D eigenvalue weighted by Gasteiger charge is 2.39. The Hall–Kier alpha value is -7.02. The predicted octanol–water partition coefficient (Wildman–Crippen LogP) is 0.942. The van der Waals surface area contributed by atoms with Gasteiger partial charge < -0.3 is 61.4 Å². The van der Waals surface area contributed by atoms with Crippen LogP contribution in [0.2, 0.25) is 0 Å². The van der Waals surface area contributed by atoms with Crippen molar-refractivity contribution in [3.05, 3.63) is 0 Å². The zero-order valence-corrected chi connectivity index (χ0v) is 69.4. The van der Waals surface area contributed by atoms with E-state index in [0.29, 0.717) is 38.9 Å². The molecule has 11 N–H and O–H groups in total. The molecule has 0 saturated carbocycles. The third kappa shape index (κ3) is 39.8. The molecule has 0 aromatic rings. The monoisotopic (exact) mass is 1530 g/mol. The maximum atomic E-state index is 12.8. The fraction of sp³-hybridized carbons (Fsp3) is 0.808. The number of carbonyl (C=O) groups is 10. The number of urea groups is 1. The van der Waals surface area contributed by atoms with Crippen LogP contribution in [0.3, 0.4) is 0 Å². The van der Waals surface area contributed by atoms with Crippen LogP contribution in [-0.2, 0) is 47.8 Å². The molecule has 618 valence electrons. The Morgan fingerprint density at radius 1 is 0.421 bits per heavy atom. The van der Waals surface area contributed by atoms with Gasteiger partial charge >= 0.3 is 12.1 Å². The van der Waals surface area contributed by atoms with Crippen LogP contribution in [0.1, 0.15) is 136 Å². The van der Waals surface area contributed by atoms with Gasteiger partial charge in [0.1, 0.15) is 24.2 Å². The summed E-state index contributed by atoms with van der Waals surface area (Å²) in [5.74, 6) is -2.92. The van der Waals surface area contributed by atoms with Gasteiger partial charge in [-0.2, -0.15) is 20.4 Å². The van der Waals surface area contributed by atoms with Gasteiger partial charge in [-0.1, -0.05) is 83.1 Å². The second kappa shape index (κ2) is 53.7. The van der Waals surface area contributed by atoms with Gasteiger partial charge in [0, 0.05) is 58.1 Å². The zero-order chi connectivity index (χ0) is 82.9. The van der Waals surface area contributed by atoms with E-state index >= 15 is 0 Å². The molecule has 2 aliphatic heterocycles. The van der Waals surface area contributed by atoms with Crippen LogP contribution in [0, 0.1) is 47.3 Å². The molecule has 2 fully saturated rings. The molecule has 34 heteroatoms. The Labute approximate surface area is 638 Å². The first-order valence-corrected chi connectivity index (χ1v) is 37.0. The largest absolute Gasteiger partial charge is 0.452 e. The molecule has 0 unspecified atom stereocenters. The smallest absolute Gasteiger partial charge is 0.427 e. The quantitative estimate of drug-likeness (QED) is 0.0300. The number of aliphatic hydroxyl groups is 4. The molecule has 107 heavy (non-hydrogen) atoms. The maximum absolute atomic E-state index is 12.8. The first kappa shape index (κ1) is 102. The lowest BCUT2D eigenvalue weighted by Gasteiger charge is -2.33. The number of hydrogen-bond acceptors (Lipinski definition) is 27. The van der Waals surface area contributed by atoms with Crippen LogP contribution in [0.15, 0.2) is 20.4 Å². The van der Waals surface area contributed by atoms with E-state index in [0.717, 1.165) is 39.3 Å². The van der Waals surface area contributed by atoms with Crippen molar-refractivity contribution < 1.29 is 77.8 Å². The van der Waals surface area contributed by atoms with Crippen LogP contribution in [0.25, 0.3) is 0 Å². The summed E-state index contributed by atoms with van der Waals surface area (Å²) in [4.78, 5) is 129. The second-order valence-corrected chi connectivity index (χ2v) is 30.1. The lowest BCUT2D eigenvalue weighted by Crippen LogP contribution is -2.56. The van der Waals surface area contributed by atoms with Gasteiger partial charge in [-0.05, 0) is 164 Å². The Kier molecular flexibility index (Phi) is 51.2. The SMILES string of the molecule is CC(=O)[C@H](NC(=O)[C@@H]([C@H](O)[C@H](C)C/C=N/N1CCN(C)CC1)N(C)C)C(C)C.CC(=O)[C@H](NC(=O)[C@@H]([C@H](O)[C@H](C)C/C=N/N1CCOCC1)N(C)C)C(C)C.CNC(=O)N/N=C/C[C@@H](C)[C@@H](O)[C@H](C(=O)N[C@@H](C(C)=O)C(C)C)N(C)C.COC(=O)N/N=C/C[C@@H](C)[C@@H](O)[C@H](C(=O)N[C@@H](C(C)=O)C(C)C)N(C)C. The van der Waals surface area contributed by atoms with Gasteiger partial charge in [-0.15, -0.1) is 0 Å². The average Bonchev–Trinajstić information content (AvgIpc) is 0.862. The van der Waals surface area contributed by atoms with Crippen molar-refractivity contribution in [2.24, 2.45) is 67.7 Å². The third-order valence-corrected chi connectivity index (χ3v) is 18.3. The van der Waals surface area contributed by atoms with Gasteiger partial charge in [0.2, 0.25) is 23.6 Å². The van der Waals surface area contributed by atoms with Crippen LogP contribution in [0.5, 0.6) is 0 Å². The molecule has 2 aliphatic rings. The van der Waals surface area contributed by atoms with Gasteiger partial charge in [0.15, 0.2) is 23.1 Å². The molecular formula is C73H140N18O16. The molecule has 0 radical (unpaired) electrons. The summed E-state index contributed by atoms with van der Waals surface area (Å²) in [7, 11) is 18.6.